The lowest BCUT2D eigenvalue weighted by Gasteiger charge is -2.23. The molecule has 0 aliphatic carbocycles. The molecule has 1 unspecified atom stereocenters. The molecule has 1 heterocycles. The Bertz CT molecular complexity index is 800. The Balaban J connectivity index is 1.59. The topological polar surface area (TPSA) is 60.1 Å². The predicted molar refractivity (Wildman–Crippen MR) is 104 cm³/mol. The van der Waals surface area contributed by atoms with Crippen molar-refractivity contribution in [2.45, 2.75) is 51.5 Å². The Kier molecular flexibility index (Phi) is 6.19. The van der Waals surface area contributed by atoms with E-state index in [0.29, 0.717) is 19.6 Å². The minimum Gasteiger partial charge on any atom is -0.486 e. The molecule has 0 bridgehead atoms. The van der Waals surface area contributed by atoms with E-state index >= 15 is 0 Å². The van der Waals surface area contributed by atoms with E-state index < -0.39 is 17.5 Å². The van der Waals surface area contributed by atoms with Crippen LogP contribution in [0.2, 0.25) is 0 Å². The van der Waals surface area contributed by atoms with Gasteiger partial charge in [-0.15, -0.1) is 0 Å². The summed E-state index contributed by atoms with van der Waals surface area (Å²) in [6.45, 7) is 6.29. The van der Waals surface area contributed by atoms with Crippen molar-refractivity contribution in [3.05, 3.63) is 65.5 Å². The van der Waals surface area contributed by atoms with Crippen LogP contribution in [-0.4, -0.2) is 30.4 Å². The van der Waals surface area contributed by atoms with Crippen LogP contribution in [0.15, 0.2) is 48.5 Å². The van der Waals surface area contributed by atoms with Crippen LogP contribution in [0.5, 0.6) is 5.75 Å². The molecule has 1 amide bonds. The molecule has 2 atom stereocenters. The summed E-state index contributed by atoms with van der Waals surface area (Å²) < 4.78 is 30.6. The summed E-state index contributed by atoms with van der Waals surface area (Å²) in [5.41, 5.74) is 1.14. The summed E-state index contributed by atoms with van der Waals surface area (Å²) in [5, 5.41) is 2.82. The number of rotatable bonds is 7. The second-order valence-electron chi connectivity index (χ2n) is 7.87. The van der Waals surface area contributed by atoms with Crippen LogP contribution in [0.1, 0.15) is 31.9 Å². The molecule has 150 valence electrons. The Morgan fingerprint density at radius 2 is 1.93 bits per heavy atom. The van der Waals surface area contributed by atoms with Gasteiger partial charge in [0, 0.05) is 0 Å². The molecular weight excluding hydrogens is 361 g/mol. The van der Waals surface area contributed by atoms with Gasteiger partial charge in [0.15, 0.2) is 11.6 Å². The molecule has 0 radical (unpaired) electrons. The third kappa shape index (κ3) is 6.23. The fourth-order valence-corrected chi connectivity index (χ4v) is 2.80. The Morgan fingerprint density at radius 1 is 1.21 bits per heavy atom. The molecule has 5 nitrogen and oxygen atoms in total. The number of carbonyl (C=O) groups is 1. The van der Waals surface area contributed by atoms with Crippen molar-refractivity contribution in [2.75, 3.05) is 6.61 Å². The van der Waals surface area contributed by atoms with Crippen LogP contribution in [0.4, 0.5) is 9.18 Å². The Morgan fingerprint density at radius 3 is 2.54 bits per heavy atom. The summed E-state index contributed by atoms with van der Waals surface area (Å²) in [4.78, 5) is 12.0. The fraction of sp³-hybridized carbons (Fsp3) is 0.409. The molecule has 0 saturated carbocycles. The molecule has 28 heavy (non-hydrogen) atoms. The normalized spacial score (nSPS) is 16.9. The average Bonchev–Trinajstić information content (AvgIpc) is 3.45. The largest absolute Gasteiger partial charge is 0.486 e. The van der Waals surface area contributed by atoms with Crippen molar-refractivity contribution in [1.29, 1.82) is 0 Å². The van der Waals surface area contributed by atoms with E-state index in [9.17, 15) is 9.18 Å². The summed E-state index contributed by atoms with van der Waals surface area (Å²) >= 11 is 0. The lowest BCUT2D eigenvalue weighted by Crippen LogP contribution is -2.43. The number of hydrogen-bond donors (Lipinski definition) is 1. The van der Waals surface area contributed by atoms with Crippen molar-refractivity contribution in [2.24, 2.45) is 0 Å². The van der Waals surface area contributed by atoms with Crippen LogP contribution in [0, 0.1) is 5.82 Å². The van der Waals surface area contributed by atoms with Crippen molar-refractivity contribution < 1.29 is 23.4 Å². The summed E-state index contributed by atoms with van der Waals surface area (Å²) in [5.74, 6) is -0.229. The third-order valence-corrected chi connectivity index (χ3v) is 4.20. The molecule has 1 aliphatic rings. The summed E-state index contributed by atoms with van der Waals surface area (Å²) in [6.07, 6.45) is -0.138. The zero-order valence-electron chi connectivity index (χ0n) is 16.4. The highest BCUT2D eigenvalue weighted by molar-refractivity contribution is 5.68. The van der Waals surface area contributed by atoms with Gasteiger partial charge in [-0.25, -0.2) is 9.18 Å². The van der Waals surface area contributed by atoms with Crippen LogP contribution in [0.3, 0.4) is 0 Å². The van der Waals surface area contributed by atoms with E-state index in [1.54, 1.807) is 32.9 Å². The maximum atomic E-state index is 14.4. The summed E-state index contributed by atoms with van der Waals surface area (Å²) in [7, 11) is 0. The highest BCUT2D eigenvalue weighted by Gasteiger charge is 2.35. The van der Waals surface area contributed by atoms with Gasteiger partial charge in [0.25, 0.3) is 0 Å². The maximum Gasteiger partial charge on any atom is 0.407 e. The lowest BCUT2D eigenvalue weighted by atomic mass is 10.0. The number of nitrogens with one attached hydrogen (secondary N) is 1. The molecule has 1 N–H and O–H groups in total. The molecule has 0 spiro atoms. The molecule has 1 aliphatic heterocycles. The second kappa shape index (κ2) is 8.61. The fourth-order valence-electron chi connectivity index (χ4n) is 2.80. The second-order valence-corrected chi connectivity index (χ2v) is 7.87. The van der Waals surface area contributed by atoms with Crippen LogP contribution < -0.4 is 10.1 Å². The SMILES string of the molecule is CC(C)(C)OC(=O)N[C@@H](Cc1ccc(OCc2ccccc2)c(F)c1)C1CO1. The van der Waals surface area contributed by atoms with Gasteiger partial charge in [-0.05, 0) is 50.5 Å². The minimum atomic E-state index is -0.580. The standard InChI is InChI=1S/C22H26FNO4/c1-22(2,3)28-21(25)24-18(20-14-27-20)12-16-9-10-19(17(23)11-16)26-13-15-7-5-4-6-8-15/h4-11,18,20H,12-14H2,1-3H3,(H,24,25)/t18-,20?/m0/s1. The van der Waals surface area contributed by atoms with Crippen molar-refractivity contribution in [3.63, 3.8) is 0 Å². The van der Waals surface area contributed by atoms with Crippen LogP contribution in [-0.2, 0) is 22.5 Å². The van der Waals surface area contributed by atoms with Gasteiger partial charge in [-0.3, -0.25) is 0 Å². The number of benzene rings is 2. The number of ether oxygens (including phenoxy) is 3. The number of halogens is 1. The molecule has 0 aromatic heterocycles. The zero-order valence-corrected chi connectivity index (χ0v) is 16.4. The van der Waals surface area contributed by atoms with Gasteiger partial charge in [-0.1, -0.05) is 36.4 Å². The minimum absolute atomic E-state index is 0.0791. The molecule has 1 saturated heterocycles. The number of amides is 1. The van der Waals surface area contributed by atoms with Gasteiger partial charge >= 0.3 is 6.09 Å². The number of carbonyl (C=O) groups excluding carboxylic acids is 1. The van der Waals surface area contributed by atoms with E-state index in [1.165, 1.54) is 6.07 Å². The Hall–Kier alpha value is -2.60. The monoisotopic (exact) mass is 387 g/mol. The molecule has 2 aromatic carbocycles. The maximum absolute atomic E-state index is 14.4. The van der Waals surface area contributed by atoms with Crippen LogP contribution >= 0.6 is 0 Å². The first kappa shape index (κ1) is 20.1. The smallest absolute Gasteiger partial charge is 0.407 e. The number of hydrogen-bond acceptors (Lipinski definition) is 4. The molecule has 6 heteroatoms. The zero-order chi connectivity index (χ0) is 20.1. The van der Waals surface area contributed by atoms with E-state index in [2.05, 4.69) is 5.32 Å². The van der Waals surface area contributed by atoms with Crippen molar-refractivity contribution in [3.8, 4) is 5.75 Å². The van der Waals surface area contributed by atoms with Gasteiger partial charge in [0.05, 0.1) is 12.6 Å². The molecular formula is C22H26FNO4. The Labute approximate surface area is 164 Å². The summed E-state index contributed by atoms with van der Waals surface area (Å²) in [6, 6.07) is 14.2. The first-order valence-corrected chi connectivity index (χ1v) is 9.36. The number of alkyl carbamates (subject to hydrolysis) is 1. The quantitative estimate of drug-likeness (QED) is 0.722. The van der Waals surface area contributed by atoms with Gasteiger partial charge in [0.1, 0.15) is 18.3 Å². The van der Waals surface area contributed by atoms with E-state index in [-0.39, 0.29) is 17.9 Å². The first-order chi connectivity index (χ1) is 13.3. The molecule has 3 rings (SSSR count). The molecule has 1 fully saturated rings. The van der Waals surface area contributed by atoms with Crippen molar-refractivity contribution >= 4 is 6.09 Å². The van der Waals surface area contributed by atoms with Gasteiger partial charge < -0.3 is 19.5 Å². The average molecular weight is 387 g/mol. The highest BCUT2D eigenvalue weighted by atomic mass is 19.1. The van der Waals surface area contributed by atoms with Crippen molar-refractivity contribution in [1.82, 2.24) is 5.32 Å². The molecule has 2 aromatic rings. The van der Waals surface area contributed by atoms with Crippen LogP contribution in [0.25, 0.3) is 0 Å². The number of epoxide rings is 1. The van der Waals surface area contributed by atoms with E-state index in [4.69, 9.17) is 14.2 Å². The third-order valence-electron chi connectivity index (χ3n) is 4.20. The first-order valence-electron chi connectivity index (χ1n) is 9.36. The van der Waals surface area contributed by atoms with Gasteiger partial charge in [-0.2, -0.15) is 0 Å². The lowest BCUT2D eigenvalue weighted by molar-refractivity contribution is 0.0495. The van der Waals surface area contributed by atoms with Gasteiger partial charge in [0.2, 0.25) is 0 Å². The predicted octanol–water partition coefficient (Wildman–Crippen LogP) is 4.24. The highest BCUT2D eigenvalue weighted by Crippen LogP contribution is 2.23. The van der Waals surface area contributed by atoms with E-state index in [0.717, 1.165) is 11.1 Å². The van der Waals surface area contributed by atoms with E-state index in [1.807, 2.05) is 30.3 Å².